The molecule has 2 rings (SSSR count). The molecule has 1 aromatic carbocycles. The van der Waals surface area contributed by atoms with Crippen LogP contribution in [-0.2, 0) is 0 Å². The minimum atomic E-state index is -0.121. The van der Waals surface area contributed by atoms with E-state index >= 15 is 0 Å². The highest BCUT2D eigenvalue weighted by Gasteiger charge is 2.31. The number of hydrogen-bond donors (Lipinski definition) is 2. The predicted molar refractivity (Wildman–Crippen MR) is 62.3 cm³/mol. The Labute approximate surface area is 98.6 Å². The van der Waals surface area contributed by atoms with Gasteiger partial charge >= 0.3 is 0 Å². The average Bonchev–Trinajstić information content (AvgIpc) is 2.20. The van der Waals surface area contributed by atoms with Crippen molar-refractivity contribution in [3.8, 4) is 0 Å². The number of carbonyl (C=O) groups is 1. The maximum Gasteiger partial charge on any atom is 0.256 e. The fourth-order valence-electron chi connectivity index (χ4n) is 1.74. The van der Waals surface area contributed by atoms with Crippen LogP contribution >= 0.6 is 11.6 Å². The van der Waals surface area contributed by atoms with Crippen molar-refractivity contribution in [3.63, 3.8) is 0 Å². The molecular formula is C11H13ClN2O2. The van der Waals surface area contributed by atoms with Gasteiger partial charge in [0.1, 0.15) is 0 Å². The fraction of sp³-hybridized carbons (Fsp3) is 0.364. The van der Waals surface area contributed by atoms with Crippen molar-refractivity contribution in [1.29, 1.82) is 0 Å². The Morgan fingerprint density at radius 2 is 2.25 bits per heavy atom. The summed E-state index contributed by atoms with van der Waals surface area (Å²) in [5, 5.41) is 9.37. The zero-order valence-electron chi connectivity index (χ0n) is 8.69. The van der Waals surface area contributed by atoms with Gasteiger partial charge in [0.2, 0.25) is 0 Å². The SMILES string of the molecule is Nc1ccc(Cl)cc1C(=O)N1CC(CO)C1. The molecule has 1 aliphatic heterocycles. The number of rotatable bonds is 2. The highest BCUT2D eigenvalue weighted by Crippen LogP contribution is 2.23. The quantitative estimate of drug-likeness (QED) is 0.758. The molecule has 1 saturated heterocycles. The number of carbonyl (C=O) groups excluding carboxylic acids is 1. The number of aliphatic hydroxyl groups is 1. The van der Waals surface area contributed by atoms with Crippen LogP contribution in [0.2, 0.25) is 5.02 Å². The minimum absolute atomic E-state index is 0.120. The van der Waals surface area contributed by atoms with Crippen LogP contribution in [0.4, 0.5) is 5.69 Å². The third kappa shape index (κ3) is 1.99. The molecular weight excluding hydrogens is 228 g/mol. The monoisotopic (exact) mass is 240 g/mol. The summed E-state index contributed by atoms with van der Waals surface area (Å²) < 4.78 is 0. The first-order valence-corrected chi connectivity index (χ1v) is 5.44. The second kappa shape index (κ2) is 4.31. The summed E-state index contributed by atoms with van der Waals surface area (Å²) in [7, 11) is 0. The van der Waals surface area contributed by atoms with Gasteiger partial charge < -0.3 is 15.7 Å². The molecule has 1 amide bonds. The highest BCUT2D eigenvalue weighted by atomic mass is 35.5. The lowest BCUT2D eigenvalue weighted by Gasteiger charge is -2.38. The zero-order chi connectivity index (χ0) is 11.7. The van der Waals surface area contributed by atoms with E-state index in [9.17, 15) is 4.79 Å². The summed E-state index contributed by atoms with van der Waals surface area (Å²) in [6, 6.07) is 4.85. The van der Waals surface area contributed by atoms with E-state index in [0.29, 0.717) is 29.4 Å². The number of aliphatic hydroxyl groups excluding tert-OH is 1. The Morgan fingerprint density at radius 3 is 2.88 bits per heavy atom. The van der Waals surface area contributed by atoms with Crippen molar-refractivity contribution < 1.29 is 9.90 Å². The average molecular weight is 241 g/mol. The van der Waals surface area contributed by atoms with Crippen LogP contribution in [0.1, 0.15) is 10.4 Å². The second-order valence-electron chi connectivity index (χ2n) is 3.99. The third-order valence-corrected chi connectivity index (χ3v) is 2.98. The van der Waals surface area contributed by atoms with Gasteiger partial charge in [0.25, 0.3) is 5.91 Å². The molecule has 16 heavy (non-hydrogen) atoms. The van der Waals surface area contributed by atoms with E-state index < -0.39 is 0 Å². The molecule has 86 valence electrons. The maximum atomic E-state index is 12.0. The number of nitrogens with zero attached hydrogens (tertiary/aromatic N) is 1. The van der Waals surface area contributed by atoms with E-state index in [1.165, 1.54) is 0 Å². The first-order valence-electron chi connectivity index (χ1n) is 5.07. The van der Waals surface area contributed by atoms with Gasteiger partial charge in [-0.2, -0.15) is 0 Å². The van der Waals surface area contributed by atoms with Crippen LogP contribution in [0.5, 0.6) is 0 Å². The van der Waals surface area contributed by atoms with E-state index in [2.05, 4.69) is 0 Å². The van der Waals surface area contributed by atoms with Crippen molar-refractivity contribution in [2.45, 2.75) is 0 Å². The lowest BCUT2D eigenvalue weighted by Crippen LogP contribution is -2.51. The van der Waals surface area contributed by atoms with Crippen molar-refractivity contribution >= 4 is 23.2 Å². The molecule has 0 saturated carbocycles. The maximum absolute atomic E-state index is 12.0. The zero-order valence-corrected chi connectivity index (χ0v) is 9.44. The molecule has 1 aromatic rings. The van der Waals surface area contributed by atoms with Crippen LogP contribution in [0.15, 0.2) is 18.2 Å². The van der Waals surface area contributed by atoms with Gasteiger partial charge in [-0.1, -0.05) is 11.6 Å². The Morgan fingerprint density at radius 1 is 1.56 bits per heavy atom. The van der Waals surface area contributed by atoms with E-state index in [0.717, 1.165) is 0 Å². The van der Waals surface area contributed by atoms with E-state index in [1.54, 1.807) is 23.1 Å². The number of benzene rings is 1. The number of nitrogens with two attached hydrogens (primary N) is 1. The van der Waals surface area contributed by atoms with Crippen LogP contribution in [0.25, 0.3) is 0 Å². The van der Waals surface area contributed by atoms with Crippen LogP contribution in [-0.4, -0.2) is 35.6 Å². The van der Waals surface area contributed by atoms with Crippen molar-refractivity contribution in [1.82, 2.24) is 4.90 Å². The van der Waals surface area contributed by atoms with Crippen molar-refractivity contribution in [2.24, 2.45) is 5.92 Å². The molecule has 0 aromatic heterocycles. The van der Waals surface area contributed by atoms with Crippen LogP contribution < -0.4 is 5.73 Å². The van der Waals surface area contributed by atoms with Crippen LogP contribution in [0.3, 0.4) is 0 Å². The largest absolute Gasteiger partial charge is 0.398 e. The van der Waals surface area contributed by atoms with Gasteiger partial charge in [0, 0.05) is 36.3 Å². The summed E-state index contributed by atoms with van der Waals surface area (Å²) in [5.41, 5.74) is 6.59. The Bertz CT molecular complexity index is 416. The molecule has 0 radical (unpaired) electrons. The third-order valence-electron chi connectivity index (χ3n) is 2.75. The summed E-state index contributed by atoms with van der Waals surface area (Å²) >= 11 is 5.82. The van der Waals surface area contributed by atoms with Gasteiger partial charge in [0.15, 0.2) is 0 Å². The molecule has 0 unspecified atom stereocenters. The molecule has 1 fully saturated rings. The number of halogens is 1. The van der Waals surface area contributed by atoms with Crippen molar-refractivity contribution in [2.75, 3.05) is 25.4 Å². The van der Waals surface area contributed by atoms with E-state index in [4.69, 9.17) is 22.4 Å². The van der Waals surface area contributed by atoms with Crippen molar-refractivity contribution in [3.05, 3.63) is 28.8 Å². The molecule has 5 heteroatoms. The van der Waals surface area contributed by atoms with Gasteiger partial charge in [-0.3, -0.25) is 4.79 Å². The molecule has 4 nitrogen and oxygen atoms in total. The molecule has 1 aliphatic rings. The van der Waals surface area contributed by atoms with E-state index in [1.807, 2.05) is 0 Å². The Kier molecular flexibility index (Phi) is 3.03. The summed E-state index contributed by atoms with van der Waals surface area (Å²) in [4.78, 5) is 13.6. The summed E-state index contributed by atoms with van der Waals surface area (Å²) in [5.74, 6) is 0.0778. The number of hydrogen-bond acceptors (Lipinski definition) is 3. The Balaban J connectivity index is 2.13. The standard InChI is InChI=1S/C11H13ClN2O2/c12-8-1-2-10(13)9(3-8)11(16)14-4-7(5-14)6-15/h1-3,7,15H,4-6,13H2. The lowest BCUT2D eigenvalue weighted by molar-refractivity contribution is 0.0363. The molecule has 3 N–H and O–H groups in total. The number of likely N-dealkylation sites (tertiary alicyclic amines) is 1. The topological polar surface area (TPSA) is 66.6 Å². The van der Waals surface area contributed by atoms with E-state index in [-0.39, 0.29) is 18.4 Å². The lowest BCUT2D eigenvalue weighted by atomic mass is 9.99. The summed E-state index contributed by atoms with van der Waals surface area (Å²) in [6.07, 6.45) is 0. The number of anilines is 1. The molecule has 0 spiro atoms. The molecule has 1 heterocycles. The highest BCUT2D eigenvalue weighted by molar-refractivity contribution is 6.31. The van der Waals surface area contributed by atoms with Gasteiger partial charge in [-0.05, 0) is 18.2 Å². The Hall–Kier alpha value is -1.26. The first-order chi connectivity index (χ1) is 7.61. The van der Waals surface area contributed by atoms with Crippen LogP contribution in [0, 0.1) is 5.92 Å². The normalized spacial score (nSPS) is 16.0. The minimum Gasteiger partial charge on any atom is -0.398 e. The number of amides is 1. The molecule has 0 atom stereocenters. The molecule has 0 aliphatic carbocycles. The second-order valence-corrected chi connectivity index (χ2v) is 4.43. The van der Waals surface area contributed by atoms with Gasteiger partial charge in [-0.25, -0.2) is 0 Å². The van der Waals surface area contributed by atoms with Gasteiger partial charge in [-0.15, -0.1) is 0 Å². The van der Waals surface area contributed by atoms with Gasteiger partial charge in [0.05, 0.1) is 5.56 Å². The first kappa shape index (κ1) is 11.2. The molecule has 0 bridgehead atoms. The summed E-state index contributed by atoms with van der Waals surface area (Å²) in [6.45, 7) is 1.29. The predicted octanol–water partition coefficient (Wildman–Crippen LogP) is 0.987. The fourth-order valence-corrected chi connectivity index (χ4v) is 1.91. The smallest absolute Gasteiger partial charge is 0.256 e. The number of nitrogen functional groups attached to an aromatic ring is 1.